The summed E-state index contributed by atoms with van der Waals surface area (Å²) >= 11 is 16.1. The van der Waals surface area contributed by atoms with Crippen LogP contribution in [-0.2, 0) is 13.2 Å². The molecule has 3 rings (SSSR count). The van der Waals surface area contributed by atoms with Gasteiger partial charge >= 0.3 is 0 Å². The Morgan fingerprint density at radius 2 is 1.62 bits per heavy atom. The lowest BCUT2D eigenvalue weighted by molar-refractivity contribution is 0.281. The van der Waals surface area contributed by atoms with Gasteiger partial charge in [0, 0.05) is 32.9 Å². The number of nitrogens with one attached hydrogen (secondary N) is 1. The summed E-state index contributed by atoms with van der Waals surface area (Å²) in [5, 5.41) is 4.56. The lowest BCUT2D eigenvalue weighted by Gasteiger charge is -2.18. The summed E-state index contributed by atoms with van der Waals surface area (Å²) in [5.74, 6) is 1.92. The molecule has 0 saturated carbocycles. The van der Waals surface area contributed by atoms with Crippen LogP contribution in [0.4, 0.5) is 5.69 Å². The van der Waals surface area contributed by atoms with Gasteiger partial charge in [0.1, 0.15) is 12.4 Å². The first kappa shape index (κ1) is 21.6. The van der Waals surface area contributed by atoms with E-state index in [-0.39, 0.29) is 0 Å². The topological polar surface area (TPSA) is 39.7 Å². The highest BCUT2D eigenvalue weighted by Gasteiger charge is 2.16. The standard InChI is InChI=1S/C22H20BrCl2NO3/c1-27-20-9-7-15(11-19(20)25)26-12-16-17(23)8-10-21(28-2)22(16)29-13-14-5-3-4-6-18(14)24/h3-11,26H,12-13H2,1-2H3. The van der Waals surface area contributed by atoms with Gasteiger partial charge in [-0.25, -0.2) is 0 Å². The Morgan fingerprint density at radius 1 is 0.897 bits per heavy atom. The van der Waals surface area contributed by atoms with Gasteiger partial charge in [-0.1, -0.05) is 57.3 Å². The van der Waals surface area contributed by atoms with Crippen molar-refractivity contribution in [2.24, 2.45) is 0 Å². The van der Waals surface area contributed by atoms with Crippen LogP contribution in [0, 0.1) is 0 Å². The van der Waals surface area contributed by atoms with Crippen LogP contribution in [0.5, 0.6) is 17.2 Å². The van der Waals surface area contributed by atoms with Gasteiger partial charge in [0.2, 0.25) is 0 Å². The molecule has 0 heterocycles. The van der Waals surface area contributed by atoms with Crippen molar-refractivity contribution in [2.45, 2.75) is 13.2 Å². The van der Waals surface area contributed by atoms with Crippen LogP contribution in [0.1, 0.15) is 11.1 Å². The van der Waals surface area contributed by atoms with Crippen molar-refractivity contribution in [3.8, 4) is 17.2 Å². The van der Waals surface area contributed by atoms with E-state index in [4.69, 9.17) is 37.4 Å². The minimum Gasteiger partial charge on any atom is -0.495 e. The van der Waals surface area contributed by atoms with Crippen LogP contribution in [-0.4, -0.2) is 14.2 Å². The molecule has 0 aliphatic rings. The predicted molar refractivity (Wildman–Crippen MR) is 122 cm³/mol. The fourth-order valence-electron chi connectivity index (χ4n) is 2.80. The molecule has 0 aromatic heterocycles. The molecule has 0 amide bonds. The fourth-order valence-corrected chi connectivity index (χ4v) is 3.70. The monoisotopic (exact) mass is 495 g/mol. The third-order valence-corrected chi connectivity index (χ3v) is 5.75. The van der Waals surface area contributed by atoms with Crippen LogP contribution in [0.3, 0.4) is 0 Å². The molecule has 0 aliphatic heterocycles. The Morgan fingerprint density at radius 3 is 2.31 bits per heavy atom. The SMILES string of the molecule is COc1ccc(NCc2c(Br)ccc(OC)c2OCc2ccccc2Cl)cc1Cl. The third-order valence-electron chi connectivity index (χ3n) is 4.34. The number of hydrogen-bond donors (Lipinski definition) is 1. The molecular formula is C22H20BrCl2NO3. The van der Waals surface area contributed by atoms with Crippen molar-refractivity contribution in [3.63, 3.8) is 0 Å². The molecule has 4 nitrogen and oxygen atoms in total. The first-order valence-corrected chi connectivity index (χ1v) is 10.4. The van der Waals surface area contributed by atoms with E-state index in [1.165, 1.54) is 0 Å². The molecule has 152 valence electrons. The average molecular weight is 497 g/mol. The van der Waals surface area contributed by atoms with Crippen LogP contribution in [0.2, 0.25) is 10.0 Å². The highest BCUT2D eigenvalue weighted by atomic mass is 79.9. The van der Waals surface area contributed by atoms with Gasteiger partial charge in [0.25, 0.3) is 0 Å². The largest absolute Gasteiger partial charge is 0.495 e. The summed E-state index contributed by atoms with van der Waals surface area (Å²) < 4.78 is 17.7. The molecule has 0 fully saturated rings. The first-order chi connectivity index (χ1) is 14.0. The predicted octanol–water partition coefficient (Wildman–Crippen LogP) is 6.96. The summed E-state index contributed by atoms with van der Waals surface area (Å²) in [5.41, 5.74) is 2.68. The Hall–Kier alpha value is -2.08. The maximum absolute atomic E-state index is 6.26. The smallest absolute Gasteiger partial charge is 0.167 e. The second-order valence-corrected chi connectivity index (χ2v) is 7.81. The highest BCUT2D eigenvalue weighted by Crippen LogP contribution is 2.38. The van der Waals surface area contributed by atoms with Crippen LogP contribution in [0.25, 0.3) is 0 Å². The molecular weight excluding hydrogens is 477 g/mol. The van der Waals surface area contributed by atoms with E-state index < -0.39 is 0 Å². The zero-order valence-corrected chi connectivity index (χ0v) is 19.1. The Kier molecular flexibility index (Phi) is 7.53. The molecule has 0 bridgehead atoms. The maximum Gasteiger partial charge on any atom is 0.167 e. The van der Waals surface area contributed by atoms with E-state index >= 15 is 0 Å². The lowest BCUT2D eigenvalue weighted by Crippen LogP contribution is -2.06. The molecule has 3 aromatic rings. The Labute approximate surface area is 188 Å². The number of halogens is 3. The van der Waals surface area contributed by atoms with Crippen LogP contribution in [0.15, 0.2) is 59.1 Å². The molecule has 0 atom stereocenters. The van der Waals surface area contributed by atoms with E-state index in [9.17, 15) is 0 Å². The number of hydrogen-bond acceptors (Lipinski definition) is 4. The quantitative estimate of drug-likeness (QED) is 0.365. The summed E-state index contributed by atoms with van der Waals surface area (Å²) in [6, 6.07) is 16.9. The third kappa shape index (κ3) is 5.30. The Bertz CT molecular complexity index is 998. The minimum atomic E-state index is 0.327. The average Bonchev–Trinajstić information content (AvgIpc) is 2.72. The second kappa shape index (κ2) is 10.1. The van der Waals surface area contributed by atoms with Crippen molar-refractivity contribution < 1.29 is 14.2 Å². The zero-order chi connectivity index (χ0) is 20.8. The van der Waals surface area contributed by atoms with Crippen molar-refractivity contribution in [1.29, 1.82) is 0 Å². The van der Waals surface area contributed by atoms with Gasteiger partial charge in [0.15, 0.2) is 11.5 Å². The van der Waals surface area contributed by atoms with Crippen LogP contribution >= 0.6 is 39.1 Å². The normalized spacial score (nSPS) is 10.5. The second-order valence-electron chi connectivity index (χ2n) is 6.14. The number of anilines is 1. The van der Waals surface area contributed by atoms with Crippen molar-refractivity contribution in [3.05, 3.63) is 80.2 Å². The molecule has 0 saturated heterocycles. The van der Waals surface area contributed by atoms with Gasteiger partial charge in [-0.15, -0.1) is 0 Å². The van der Waals surface area contributed by atoms with E-state index in [0.29, 0.717) is 40.4 Å². The first-order valence-electron chi connectivity index (χ1n) is 8.82. The molecule has 0 spiro atoms. The van der Waals surface area contributed by atoms with E-state index in [1.807, 2.05) is 54.6 Å². The van der Waals surface area contributed by atoms with Crippen molar-refractivity contribution in [2.75, 3.05) is 19.5 Å². The summed E-state index contributed by atoms with van der Waals surface area (Å²) in [6.07, 6.45) is 0. The van der Waals surface area contributed by atoms with Crippen molar-refractivity contribution >= 4 is 44.8 Å². The summed E-state index contributed by atoms with van der Waals surface area (Å²) in [6.45, 7) is 0.826. The molecule has 0 unspecified atom stereocenters. The minimum absolute atomic E-state index is 0.327. The molecule has 7 heteroatoms. The Balaban J connectivity index is 1.83. The number of methoxy groups -OCH3 is 2. The van der Waals surface area contributed by atoms with Gasteiger partial charge in [0.05, 0.1) is 19.2 Å². The number of benzene rings is 3. The number of rotatable bonds is 8. The lowest BCUT2D eigenvalue weighted by atomic mass is 10.1. The van der Waals surface area contributed by atoms with Gasteiger partial charge in [-0.2, -0.15) is 0 Å². The fraction of sp³-hybridized carbons (Fsp3) is 0.182. The van der Waals surface area contributed by atoms with Gasteiger partial charge in [-0.05, 0) is 36.4 Å². The highest BCUT2D eigenvalue weighted by molar-refractivity contribution is 9.10. The van der Waals surface area contributed by atoms with E-state index in [0.717, 1.165) is 21.3 Å². The summed E-state index contributed by atoms with van der Waals surface area (Å²) in [4.78, 5) is 0. The summed E-state index contributed by atoms with van der Waals surface area (Å²) in [7, 11) is 3.20. The van der Waals surface area contributed by atoms with E-state index in [1.54, 1.807) is 14.2 Å². The maximum atomic E-state index is 6.26. The molecule has 1 N–H and O–H groups in total. The van der Waals surface area contributed by atoms with Gasteiger partial charge < -0.3 is 19.5 Å². The molecule has 0 radical (unpaired) electrons. The van der Waals surface area contributed by atoms with E-state index in [2.05, 4.69) is 21.2 Å². The van der Waals surface area contributed by atoms with Crippen LogP contribution < -0.4 is 19.5 Å². The molecule has 0 aliphatic carbocycles. The van der Waals surface area contributed by atoms with Crippen molar-refractivity contribution in [1.82, 2.24) is 0 Å². The molecule has 3 aromatic carbocycles. The zero-order valence-electron chi connectivity index (χ0n) is 16.0. The van der Waals surface area contributed by atoms with Gasteiger partial charge in [-0.3, -0.25) is 0 Å². The number of ether oxygens (including phenoxy) is 3. The molecule has 29 heavy (non-hydrogen) atoms.